The number of hydrogen-bond acceptors (Lipinski definition) is 5. The minimum Gasteiger partial charge on any atom is -0.384 e. The fraction of sp³-hybridized carbons (Fsp3) is 0.588. The molecule has 124 valence electrons. The average Bonchev–Trinajstić information content (AvgIpc) is 2.54. The van der Waals surface area contributed by atoms with Crippen molar-refractivity contribution in [2.45, 2.75) is 20.3 Å². The van der Waals surface area contributed by atoms with Gasteiger partial charge in [0.1, 0.15) is 11.9 Å². The maximum atomic E-state index is 12.4. The zero-order chi connectivity index (χ0) is 16.9. The molecule has 0 unspecified atom stereocenters. The molecular formula is C17H24N4O2. The van der Waals surface area contributed by atoms with Crippen LogP contribution in [0.4, 0.5) is 5.82 Å². The summed E-state index contributed by atoms with van der Waals surface area (Å²) in [4.78, 5) is 20.8. The minimum atomic E-state index is -0.141. The molecule has 1 aliphatic heterocycles. The van der Waals surface area contributed by atoms with Crippen molar-refractivity contribution in [1.82, 2.24) is 9.88 Å². The molecule has 6 nitrogen and oxygen atoms in total. The summed E-state index contributed by atoms with van der Waals surface area (Å²) in [6.45, 7) is 7.59. The van der Waals surface area contributed by atoms with Crippen LogP contribution in [-0.4, -0.2) is 55.7 Å². The lowest BCUT2D eigenvalue weighted by Crippen LogP contribution is -2.49. The third kappa shape index (κ3) is 4.67. The van der Waals surface area contributed by atoms with Crippen LogP contribution in [0, 0.1) is 16.7 Å². The summed E-state index contributed by atoms with van der Waals surface area (Å²) in [6.07, 6.45) is 2.08. The number of methoxy groups -OCH3 is 1. The van der Waals surface area contributed by atoms with Gasteiger partial charge in [0.25, 0.3) is 0 Å². The van der Waals surface area contributed by atoms with Gasteiger partial charge in [0, 0.05) is 45.9 Å². The zero-order valence-corrected chi connectivity index (χ0v) is 14.1. The van der Waals surface area contributed by atoms with Crippen LogP contribution in [0.25, 0.3) is 0 Å². The highest BCUT2D eigenvalue weighted by Gasteiger charge is 2.27. The fourth-order valence-electron chi connectivity index (χ4n) is 2.79. The summed E-state index contributed by atoms with van der Waals surface area (Å²) in [5.74, 6) is 1.04. The molecule has 1 saturated heterocycles. The Morgan fingerprint density at radius 1 is 1.35 bits per heavy atom. The Labute approximate surface area is 137 Å². The standard InChI is InChI=1S/C17H24N4O2/c1-17(2,13-23-3)10-16(22)21-8-6-20(7-9-21)15-5-4-14(11-18)12-19-15/h4-5,12H,6-10,13H2,1-3H3. The highest BCUT2D eigenvalue weighted by atomic mass is 16.5. The molecule has 0 aromatic carbocycles. The molecule has 0 atom stereocenters. The van der Waals surface area contributed by atoms with Gasteiger partial charge in [-0.25, -0.2) is 4.98 Å². The number of rotatable bonds is 5. The number of nitrogens with zero attached hydrogens (tertiary/aromatic N) is 4. The highest BCUT2D eigenvalue weighted by molar-refractivity contribution is 5.77. The lowest BCUT2D eigenvalue weighted by molar-refractivity contribution is -0.134. The van der Waals surface area contributed by atoms with Crippen molar-refractivity contribution >= 4 is 11.7 Å². The normalized spacial score (nSPS) is 15.4. The van der Waals surface area contributed by atoms with Crippen LogP contribution in [-0.2, 0) is 9.53 Å². The fourth-order valence-corrected chi connectivity index (χ4v) is 2.79. The Kier molecular flexibility index (Phi) is 5.56. The van der Waals surface area contributed by atoms with Crippen LogP contribution in [0.15, 0.2) is 18.3 Å². The number of anilines is 1. The number of carbonyl (C=O) groups is 1. The molecule has 1 aromatic rings. The first-order chi connectivity index (χ1) is 10.9. The van der Waals surface area contributed by atoms with Crippen molar-refractivity contribution in [2.24, 2.45) is 5.41 Å². The van der Waals surface area contributed by atoms with E-state index in [1.54, 1.807) is 19.4 Å². The van der Waals surface area contributed by atoms with Crippen LogP contribution >= 0.6 is 0 Å². The molecule has 1 aliphatic rings. The molecule has 0 aliphatic carbocycles. The van der Waals surface area contributed by atoms with Crippen LogP contribution in [0.5, 0.6) is 0 Å². The molecule has 1 aromatic heterocycles. The molecule has 0 saturated carbocycles. The summed E-state index contributed by atoms with van der Waals surface area (Å²) in [7, 11) is 1.66. The summed E-state index contributed by atoms with van der Waals surface area (Å²) in [5.41, 5.74) is 0.417. The number of pyridine rings is 1. The maximum absolute atomic E-state index is 12.4. The smallest absolute Gasteiger partial charge is 0.223 e. The highest BCUT2D eigenvalue weighted by Crippen LogP contribution is 2.22. The van der Waals surface area contributed by atoms with Gasteiger partial charge in [-0.1, -0.05) is 13.8 Å². The predicted molar refractivity (Wildman–Crippen MR) is 88.0 cm³/mol. The zero-order valence-electron chi connectivity index (χ0n) is 14.1. The van der Waals surface area contributed by atoms with E-state index in [1.165, 1.54) is 0 Å². The van der Waals surface area contributed by atoms with Crippen LogP contribution < -0.4 is 4.90 Å². The summed E-state index contributed by atoms with van der Waals surface area (Å²) in [5, 5.41) is 8.81. The molecule has 1 amide bonds. The van der Waals surface area contributed by atoms with Crippen LogP contribution in [0.2, 0.25) is 0 Å². The molecule has 1 fully saturated rings. The predicted octanol–water partition coefficient (Wildman–Crippen LogP) is 1.66. The number of amides is 1. The first-order valence-corrected chi connectivity index (χ1v) is 7.83. The lowest BCUT2D eigenvalue weighted by Gasteiger charge is -2.37. The Balaban J connectivity index is 1.88. The summed E-state index contributed by atoms with van der Waals surface area (Å²) >= 11 is 0. The largest absolute Gasteiger partial charge is 0.384 e. The minimum absolute atomic E-state index is 0.141. The van der Waals surface area contributed by atoms with E-state index in [-0.39, 0.29) is 11.3 Å². The van der Waals surface area contributed by atoms with E-state index in [0.717, 1.165) is 18.9 Å². The third-order valence-electron chi connectivity index (χ3n) is 4.00. The van der Waals surface area contributed by atoms with E-state index in [4.69, 9.17) is 10.00 Å². The summed E-state index contributed by atoms with van der Waals surface area (Å²) in [6, 6.07) is 5.70. The van der Waals surface area contributed by atoms with Crippen molar-refractivity contribution in [3.05, 3.63) is 23.9 Å². The molecule has 6 heteroatoms. The van der Waals surface area contributed by atoms with Gasteiger partial charge in [0.15, 0.2) is 0 Å². The van der Waals surface area contributed by atoms with Gasteiger partial charge < -0.3 is 14.5 Å². The SMILES string of the molecule is COCC(C)(C)CC(=O)N1CCN(c2ccc(C#N)cn2)CC1. The van der Waals surface area contributed by atoms with Crippen molar-refractivity contribution in [1.29, 1.82) is 5.26 Å². The van der Waals surface area contributed by atoms with Gasteiger partial charge in [0.05, 0.1) is 12.2 Å². The van der Waals surface area contributed by atoms with Gasteiger partial charge in [0.2, 0.25) is 5.91 Å². The van der Waals surface area contributed by atoms with Crippen molar-refractivity contribution in [3.63, 3.8) is 0 Å². The Morgan fingerprint density at radius 2 is 2.04 bits per heavy atom. The molecule has 2 rings (SSSR count). The number of nitriles is 1. The van der Waals surface area contributed by atoms with E-state index in [0.29, 0.717) is 31.7 Å². The van der Waals surface area contributed by atoms with E-state index in [2.05, 4.69) is 16.0 Å². The van der Waals surface area contributed by atoms with Crippen molar-refractivity contribution in [3.8, 4) is 6.07 Å². The van der Waals surface area contributed by atoms with Gasteiger partial charge in [-0.3, -0.25) is 4.79 Å². The number of ether oxygens (including phenoxy) is 1. The Hall–Kier alpha value is -2.13. The topological polar surface area (TPSA) is 69.5 Å². The van der Waals surface area contributed by atoms with E-state index >= 15 is 0 Å². The second-order valence-electron chi connectivity index (χ2n) is 6.66. The second-order valence-corrected chi connectivity index (χ2v) is 6.66. The molecule has 0 bridgehead atoms. The number of hydrogen-bond donors (Lipinski definition) is 0. The molecule has 0 spiro atoms. The molecule has 0 radical (unpaired) electrons. The molecule has 2 heterocycles. The number of piperazine rings is 1. The van der Waals surface area contributed by atoms with Crippen molar-refractivity contribution < 1.29 is 9.53 Å². The second kappa shape index (κ2) is 7.42. The first kappa shape index (κ1) is 17.2. The Morgan fingerprint density at radius 3 is 2.57 bits per heavy atom. The molecular weight excluding hydrogens is 292 g/mol. The van der Waals surface area contributed by atoms with E-state index < -0.39 is 0 Å². The quantitative estimate of drug-likeness (QED) is 0.826. The van der Waals surface area contributed by atoms with Gasteiger partial charge in [-0.15, -0.1) is 0 Å². The average molecular weight is 316 g/mol. The van der Waals surface area contributed by atoms with Crippen molar-refractivity contribution in [2.75, 3.05) is 44.8 Å². The molecule has 23 heavy (non-hydrogen) atoms. The molecule has 0 N–H and O–H groups in total. The van der Waals surface area contributed by atoms with E-state index in [1.807, 2.05) is 24.8 Å². The van der Waals surface area contributed by atoms with E-state index in [9.17, 15) is 4.79 Å². The number of aromatic nitrogens is 1. The van der Waals surface area contributed by atoms with Crippen LogP contribution in [0.3, 0.4) is 0 Å². The van der Waals surface area contributed by atoms with Gasteiger partial charge in [-0.2, -0.15) is 5.26 Å². The third-order valence-corrected chi connectivity index (χ3v) is 4.00. The van der Waals surface area contributed by atoms with Gasteiger partial charge in [-0.05, 0) is 17.5 Å². The lowest BCUT2D eigenvalue weighted by atomic mass is 9.89. The maximum Gasteiger partial charge on any atom is 0.223 e. The monoisotopic (exact) mass is 316 g/mol. The van der Waals surface area contributed by atoms with Crippen LogP contribution in [0.1, 0.15) is 25.8 Å². The summed E-state index contributed by atoms with van der Waals surface area (Å²) < 4.78 is 5.18. The first-order valence-electron chi connectivity index (χ1n) is 7.83. The Bertz CT molecular complexity index is 569. The number of carbonyl (C=O) groups excluding carboxylic acids is 1. The van der Waals surface area contributed by atoms with Gasteiger partial charge >= 0.3 is 0 Å².